The number of aromatic amines is 1. The molecule has 172 valence electrons. The van der Waals surface area contributed by atoms with Crippen molar-refractivity contribution in [1.82, 2.24) is 24.8 Å². The van der Waals surface area contributed by atoms with E-state index in [0.717, 1.165) is 57.1 Å². The molecule has 9 nitrogen and oxygen atoms in total. The SMILES string of the molecule is Cc1nc(N2CCOCC2)ncc1-c1cc(=O)[nH]c(N2CCN(Cc3ccccc3)CC2)n1. The Morgan fingerprint density at radius 2 is 1.73 bits per heavy atom. The van der Waals surface area contributed by atoms with Gasteiger partial charge in [0.2, 0.25) is 11.9 Å². The summed E-state index contributed by atoms with van der Waals surface area (Å²) in [5.41, 5.74) is 3.34. The molecule has 1 aromatic carbocycles. The van der Waals surface area contributed by atoms with Crippen molar-refractivity contribution in [2.75, 3.05) is 62.3 Å². The van der Waals surface area contributed by atoms with Crippen LogP contribution >= 0.6 is 0 Å². The number of aryl methyl sites for hydroxylation is 1. The van der Waals surface area contributed by atoms with E-state index in [1.54, 1.807) is 6.20 Å². The fourth-order valence-corrected chi connectivity index (χ4v) is 4.31. The average Bonchev–Trinajstić information content (AvgIpc) is 2.85. The van der Waals surface area contributed by atoms with Gasteiger partial charge in [-0.2, -0.15) is 0 Å². The van der Waals surface area contributed by atoms with Crippen molar-refractivity contribution < 1.29 is 4.74 Å². The van der Waals surface area contributed by atoms with E-state index in [2.05, 4.69) is 53.9 Å². The molecule has 0 radical (unpaired) electrons. The Balaban J connectivity index is 1.30. The van der Waals surface area contributed by atoms with Crippen LogP contribution in [-0.4, -0.2) is 77.3 Å². The highest BCUT2D eigenvalue weighted by atomic mass is 16.5. The van der Waals surface area contributed by atoms with Crippen molar-refractivity contribution in [2.45, 2.75) is 13.5 Å². The Kier molecular flexibility index (Phi) is 6.32. The number of hydrogen-bond donors (Lipinski definition) is 1. The monoisotopic (exact) mass is 447 g/mol. The zero-order chi connectivity index (χ0) is 22.6. The van der Waals surface area contributed by atoms with Gasteiger partial charge in [-0.05, 0) is 12.5 Å². The number of benzene rings is 1. The van der Waals surface area contributed by atoms with E-state index in [1.807, 2.05) is 13.0 Å². The minimum absolute atomic E-state index is 0.168. The number of aromatic nitrogens is 4. The van der Waals surface area contributed by atoms with Crippen LogP contribution in [0.15, 0.2) is 47.4 Å². The molecule has 0 spiro atoms. The van der Waals surface area contributed by atoms with Gasteiger partial charge in [0, 0.05) is 63.6 Å². The van der Waals surface area contributed by atoms with Gasteiger partial charge in [0.05, 0.1) is 24.6 Å². The van der Waals surface area contributed by atoms with Crippen LogP contribution in [0.25, 0.3) is 11.3 Å². The van der Waals surface area contributed by atoms with Gasteiger partial charge < -0.3 is 14.5 Å². The summed E-state index contributed by atoms with van der Waals surface area (Å²) in [6.45, 7) is 9.25. The second-order valence-corrected chi connectivity index (χ2v) is 8.47. The van der Waals surface area contributed by atoms with Gasteiger partial charge in [-0.1, -0.05) is 30.3 Å². The Hall–Kier alpha value is -3.30. The number of morpholine rings is 1. The molecule has 2 aliphatic rings. The lowest BCUT2D eigenvalue weighted by Gasteiger charge is -2.35. The summed E-state index contributed by atoms with van der Waals surface area (Å²) in [6, 6.07) is 12.0. The summed E-state index contributed by atoms with van der Waals surface area (Å²) in [7, 11) is 0. The Labute approximate surface area is 193 Å². The molecule has 9 heteroatoms. The summed E-state index contributed by atoms with van der Waals surface area (Å²) in [5, 5.41) is 0. The fourth-order valence-electron chi connectivity index (χ4n) is 4.31. The molecular formula is C24H29N7O2. The largest absolute Gasteiger partial charge is 0.378 e. The first-order chi connectivity index (χ1) is 16.2. The molecule has 0 amide bonds. The minimum atomic E-state index is -0.168. The van der Waals surface area contributed by atoms with Crippen LogP contribution in [-0.2, 0) is 11.3 Å². The molecule has 1 N–H and O–H groups in total. The van der Waals surface area contributed by atoms with Crippen LogP contribution in [0.3, 0.4) is 0 Å². The van der Waals surface area contributed by atoms with Crippen LogP contribution in [0.4, 0.5) is 11.9 Å². The molecule has 5 rings (SSSR count). The molecule has 2 aliphatic heterocycles. The number of hydrogen-bond acceptors (Lipinski definition) is 8. The van der Waals surface area contributed by atoms with E-state index in [4.69, 9.17) is 9.72 Å². The Morgan fingerprint density at radius 1 is 0.970 bits per heavy atom. The molecule has 0 bridgehead atoms. The number of anilines is 2. The molecular weight excluding hydrogens is 418 g/mol. The number of piperazine rings is 1. The van der Waals surface area contributed by atoms with Gasteiger partial charge in [0.15, 0.2) is 0 Å². The standard InChI is InChI=1S/C24H29N7O2/c1-18-20(16-25-23(26-18)31-11-13-33-14-12-31)21-15-22(32)28-24(27-21)30-9-7-29(8-10-30)17-19-5-3-2-4-6-19/h2-6,15-16H,7-14,17H2,1H3,(H,27,28,32). The van der Waals surface area contributed by atoms with E-state index in [1.165, 1.54) is 11.6 Å². The molecule has 4 heterocycles. The van der Waals surface area contributed by atoms with Crippen molar-refractivity contribution in [1.29, 1.82) is 0 Å². The number of rotatable bonds is 5. The molecule has 3 aromatic rings. The van der Waals surface area contributed by atoms with E-state index in [9.17, 15) is 4.79 Å². The number of nitrogens with one attached hydrogen (secondary N) is 1. The van der Waals surface area contributed by atoms with Crippen LogP contribution in [0.5, 0.6) is 0 Å². The highest BCUT2D eigenvalue weighted by Gasteiger charge is 2.21. The van der Waals surface area contributed by atoms with Crippen molar-refractivity contribution in [2.24, 2.45) is 0 Å². The van der Waals surface area contributed by atoms with E-state index < -0.39 is 0 Å². The third kappa shape index (κ3) is 5.04. The predicted octanol–water partition coefficient (Wildman–Crippen LogP) is 1.69. The molecule has 33 heavy (non-hydrogen) atoms. The maximum atomic E-state index is 12.5. The lowest BCUT2D eigenvalue weighted by molar-refractivity contribution is 0.122. The predicted molar refractivity (Wildman–Crippen MR) is 128 cm³/mol. The third-order valence-electron chi connectivity index (χ3n) is 6.19. The second kappa shape index (κ2) is 9.68. The van der Waals surface area contributed by atoms with Gasteiger partial charge in [0.25, 0.3) is 5.56 Å². The van der Waals surface area contributed by atoms with Crippen LogP contribution < -0.4 is 15.4 Å². The number of H-pyrrole nitrogens is 1. The maximum Gasteiger partial charge on any atom is 0.252 e. The van der Waals surface area contributed by atoms with Gasteiger partial charge in [0.1, 0.15) is 0 Å². The maximum absolute atomic E-state index is 12.5. The van der Waals surface area contributed by atoms with Crippen LogP contribution in [0.2, 0.25) is 0 Å². The van der Waals surface area contributed by atoms with E-state index in [0.29, 0.717) is 30.8 Å². The first-order valence-corrected chi connectivity index (χ1v) is 11.4. The van der Waals surface area contributed by atoms with E-state index in [-0.39, 0.29) is 5.56 Å². The molecule has 2 fully saturated rings. The number of nitrogens with zero attached hydrogens (tertiary/aromatic N) is 6. The van der Waals surface area contributed by atoms with Crippen molar-refractivity contribution in [3.63, 3.8) is 0 Å². The molecule has 0 aliphatic carbocycles. The lowest BCUT2D eigenvalue weighted by atomic mass is 10.1. The summed E-state index contributed by atoms with van der Waals surface area (Å²) in [5.74, 6) is 1.30. The molecule has 2 aromatic heterocycles. The van der Waals surface area contributed by atoms with Crippen molar-refractivity contribution in [3.05, 3.63) is 64.2 Å². The summed E-state index contributed by atoms with van der Waals surface area (Å²) < 4.78 is 5.41. The third-order valence-corrected chi connectivity index (χ3v) is 6.19. The van der Waals surface area contributed by atoms with Gasteiger partial charge in [-0.25, -0.2) is 15.0 Å². The first-order valence-electron chi connectivity index (χ1n) is 11.4. The summed E-state index contributed by atoms with van der Waals surface area (Å²) in [4.78, 5) is 36.1. The second-order valence-electron chi connectivity index (χ2n) is 8.47. The molecule has 2 saturated heterocycles. The summed E-state index contributed by atoms with van der Waals surface area (Å²) >= 11 is 0. The molecule has 0 unspecified atom stereocenters. The first kappa shape index (κ1) is 21.5. The average molecular weight is 448 g/mol. The zero-order valence-electron chi connectivity index (χ0n) is 18.9. The lowest BCUT2D eigenvalue weighted by Crippen LogP contribution is -2.47. The highest BCUT2D eigenvalue weighted by Crippen LogP contribution is 2.23. The Morgan fingerprint density at radius 3 is 2.45 bits per heavy atom. The molecule has 0 saturated carbocycles. The summed E-state index contributed by atoms with van der Waals surface area (Å²) in [6.07, 6.45) is 1.77. The quantitative estimate of drug-likeness (QED) is 0.632. The number of ether oxygens (including phenoxy) is 1. The van der Waals surface area contributed by atoms with Gasteiger partial charge in [-0.15, -0.1) is 0 Å². The minimum Gasteiger partial charge on any atom is -0.378 e. The van der Waals surface area contributed by atoms with E-state index >= 15 is 0 Å². The van der Waals surface area contributed by atoms with Gasteiger partial charge in [-0.3, -0.25) is 14.7 Å². The van der Waals surface area contributed by atoms with Crippen LogP contribution in [0, 0.1) is 6.92 Å². The normalized spacial score (nSPS) is 17.4. The highest BCUT2D eigenvalue weighted by molar-refractivity contribution is 5.62. The topological polar surface area (TPSA) is 90.5 Å². The van der Waals surface area contributed by atoms with Crippen molar-refractivity contribution >= 4 is 11.9 Å². The van der Waals surface area contributed by atoms with Gasteiger partial charge >= 0.3 is 0 Å². The van der Waals surface area contributed by atoms with Crippen LogP contribution in [0.1, 0.15) is 11.3 Å². The zero-order valence-corrected chi connectivity index (χ0v) is 18.9. The fraction of sp³-hybridized carbons (Fsp3) is 0.417. The van der Waals surface area contributed by atoms with Crippen molar-refractivity contribution in [3.8, 4) is 11.3 Å². The Bertz CT molecular complexity index is 1140. The smallest absolute Gasteiger partial charge is 0.252 e. The molecule has 0 atom stereocenters.